The average molecular weight is 327 g/mol. The fraction of sp³-hybridized carbons (Fsp3) is 1.00. The van der Waals surface area contributed by atoms with Crippen LogP contribution in [0.2, 0.25) is 0 Å². The second-order valence-electron chi connectivity index (χ2n) is 4.19. The molecule has 1 heterocycles. The van der Waals surface area contributed by atoms with Gasteiger partial charge in [-0.3, -0.25) is 0 Å². The van der Waals surface area contributed by atoms with Gasteiger partial charge in [-0.05, 0) is 44.5 Å². The van der Waals surface area contributed by atoms with Gasteiger partial charge in [-0.2, -0.15) is 0 Å². The maximum absolute atomic E-state index is 2.65. The number of thioether (sulfide) groups is 1. The maximum Gasteiger partial charge on any atom is 0.0536 e. The van der Waals surface area contributed by atoms with Crippen molar-refractivity contribution in [3.05, 3.63) is 0 Å². The Morgan fingerprint density at radius 2 is 2.36 bits per heavy atom. The number of rotatable bonds is 6. The number of hydrogen-bond donors (Lipinski definition) is 0. The monoisotopic (exact) mass is 327 g/mol. The molecule has 0 aliphatic carbocycles. The summed E-state index contributed by atoms with van der Waals surface area (Å²) in [6.07, 6.45) is 4.14. The second-order valence-corrected chi connectivity index (χ2v) is 8.27. The normalized spacial score (nSPS) is 25.5. The van der Waals surface area contributed by atoms with Crippen molar-refractivity contribution in [3.8, 4) is 0 Å². The van der Waals surface area contributed by atoms with Gasteiger partial charge in [0.1, 0.15) is 0 Å². The molecule has 0 radical (unpaired) electrons. The largest absolute Gasteiger partial charge is 0.303 e. The Morgan fingerprint density at radius 1 is 1.57 bits per heavy atom. The fourth-order valence-electron chi connectivity index (χ4n) is 1.90. The van der Waals surface area contributed by atoms with E-state index in [9.17, 15) is 0 Å². The summed E-state index contributed by atoms with van der Waals surface area (Å²) >= 11 is 4.62. The van der Waals surface area contributed by atoms with Crippen LogP contribution in [0.15, 0.2) is 0 Å². The van der Waals surface area contributed by atoms with Gasteiger partial charge in [-0.1, -0.05) is 35.9 Å². The van der Waals surface area contributed by atoms with Gasteiger partial charge in [0.25, 0.3) is 0 Å². The van der Waals surface area contributed by atoms with Crippen molar-refractivity contribution in [2.24, 2.45) is 5.92 Å². The number of halogens is 1. The number of unbranched alkanes of at least 4 members (excludes halogenated alkanes) is 1. The molecule has 0 saturated carbocycles. The first-order valence-electron chi connectivity index (χ1n) is 5.70. The molecular formula is C11H22INS. The Labute approximate surface area is 107 Å². The molecule has 1 nitrogen and oxygen atoms in total. The molecular weight excluding hydrogens is 305 g/mol. The molecule has 0 aromatic heterocycles. The quantitative estimate of drug-likeness (QED) is 0.541. The van der Waals surface area contributed by atoms with Crippen molar-refractivity contribution in [1.29, 1.82) is 0 Å². The third-order valence-corrected chi connectivity index (χ3v) is 4.96. The van der Waals surface area contributed by atoms with E-state index >= 15 is 0 Å². The first kappa shape index (κ1) is 13.1. The number of likely N-dealkylation sites (tertiary alicyclic amines) is 1. The topological polar surface area (TPSA) is 3.24 Å². The molecule has 14 heavy (non-hydrogen) atoms. The summed E-state index contributed by atoms with van der Waals surface area (Å²) in [5, 5.41) is 0. The molecule has 0 spiro atoms. The van der Waals surface area contributed by atoms with E-state index in [-0.39, 0.29) is 0 Å². The number of nitrogens with zero attached hydrogens (tertiary/aromatic N) is 1. The van der Waals surface area contributed by atoms with Crippen LogP contribution in [0.4, 0.5) is 0 Å². The van der Waals surface area contributed by atoms with Crippen LogP contribution in [0.1, 0.15) is 33.1 Å². The minimum absolute atomic E-state index is 0.775. The summed E-state index contributed by atoms with van der Waals surface area (Å²) in [7, 11) is 0. The van der Waals surface area contributed by atoms with Gasteiger partial charge in [-0.25, -0.2) is 0 Å². The summed E-state index contributed by atoms with van der Waals surface area (Å²) < 4.78 is 0.775. The molecule has 2 unspecified atom stereocenters. The lowest BCUT2D eigenvalue weighted by Crippen LogP contribution is -2.22. The van der Waals surface area contributed by atoms with Crippen LogP contribution in [0.3, 0.4) is 0 Å². The Morgan fingerprint density at radius 3 is 3.00 bits per heavy atom. The summed E-state index contributed by atoms with van der Waals surface area (Å²) in [4.78, 5) is 2.65. The van der Waals surface area contributed by atoms with Crippen LogP contribution < -0.4 is 0 Å². The van der Waals surface area contributed by atoms with E-state index in [1.165, 1.54) is 44.6 Å². The van der Waals surface area contributed by atoms with Gasteiger partial charge in [0.2, 0.25) is 0 Å². The highest BCUT2D eigenvalue weighted by Crippen LogP contribution is 2.25. The predicted molar refractivity (Wildman–Crippen MR) is 75.4 cm³/mol. The number of alkyl halides is 1. The Bertz CT molecular complexity index is 152. The molecule has 2 atom stereocenters. The van der Waals surface area contributed by atoms with E-state index in [1.54, 1.807) is 0 Å². The standard InChI is InChI=1S/C11H22INS/c1-3-4-6-13-7-5-11(8-13)9-14-10(2)12/h10-11H,3-9H2,1-2H3. The van der Waals surface area contributed by atoms with Crippen molar-refractivity contribution in [3.63, 3.8) is 0 Å². The van der Waals surface area contributed by atoms with Crippen LogP contribution in [0, 0.1) is 5.92 Å². The molecule has 0 aromatic rings. The van der Waals surface area contributed by atoms with E-state index in [1.807, 2.05) is 0 Å². The zero-order valence-electron chi connectivity index (χ0n) is 9.34. The van der Waals surface area contributed by atoms with E-state index < -0.39 is 0 Å². The van der Waals surface area contributed by atoms with Gasteiger partial charge in [0.05, 0.1) is 3.26 Å². The van der Waals surface area contributed by atoms with Crippen LogP contribution in [-0.2, 0) is 0 Å². The number of hydrogen-bond acceptors (Lipinski definition) is 2. The van der Waals surface area contributed by atoms with Crippen LogP contribution in [0.5, 0.6) is 0 Å². The molecule has 84 valence electrons. The van der Waals surface area contributed by atoms with Crippen molar-refractivity contribution < 1.29 is 0 Å². The lowest BCUT2D eigenvalue weighted by Gasteiger charge is -2.15. The van der Waals surface area contributed by atoms with Gasteiger partial charge in [-0.15, -0.1) is 11.8 Å². The lowest BCUT2D eigenvalue weighted by atomic mass is 10.2. The smallest absolute Gasteiger partial charge is 0.0536 e. The van der Waals surface area contributed by atoms with Crippen molar-refractivity contribution in [2.75, 3.05) is 25.4 Å². The summed E-state index contributed by atoms with van der Waals surface area (Å²) in [6.45, 7) is 8.60. The molecule has 1 aliphatic heterocycles. The lowest BCUT2D eigenvalue weighted by molar-refractivity contribution is 0.322. The second kappa shape index (κ2) is 7.34. The first-order valence-corrected chi connectivity index (χ1v) is 7.99. The Hall–Kier alpha value is 1.04. The first-order chi connectivity index (χ1) is 6.72. The average Bonchev–Trinajstić information content (AvgIpc) is 2.59. The fourth-order valence-corrected chi connectivity index (χ4v) is 3.33. The van der Waals surface area contributed by atoms with Gasteiger partial charge in [0, 0.05) is 6.54 Å². The molecule has 1 fully saturated rings. The minimum atomic E-state index is 0.775. The molecule has 1 rings (SSSR count). The molecule has 0 amide bonds. The van der Waals surface area contributed by atoms with E-state index in [0.717, 1.165) is 9.17 Å². The maximum atomic E-state index is 2.65. The van der Waals surface area contributed by atoms with Crippen LogP contribution in [-0.4, -0.2) is 33.5 Å². The van der Waals surface area contributed by atoms with Gasteiger partial charge >= 0.3 is 0 Å². The molecule has 1 aliphatic rings. The van der Waals surface area contributed by atoms with Crippen molar-refractivity contribution in [1.82, 2.24) is 4.90 Å². The predicted octanol–water partition coefficient (Wildman–Crippen LogP) is 3.62. The van der Waals surface area contributed by atoms with E-state index in [0.29, 0.717) is 0 Å². The SMILES string of the molecule is CCCCN1CCC(CSC(C)I)C1. The minimum Gasteiger partial charge on any atom is -0.303 e. The Kier molecular flexibility index (Phi) is 6.87. The van der Waals surface area contributed by atoms with Gasteiger partial charge < -0.3 is 4.90 Å². The summed E-state index contributed by atoms with van der Waals surface area (Å²) in [5.41, 5.74) is 0. The molecule has 0 bridgehead atoms. The Balaban J connectivity index is 2.08. The highest BCUT2D eigenvalue weighted by Gasteiger charge is 2.21. The third-order valence-electron chi connectivity index (χ3n) is 2.76. The van der Waals surface area contributed by atoms with E-state index in [2.05, 4.69) is 53.1 Å². The van der Waals surface area contributed by atoms with Crippen molar-refractivity contribution in [2.45, 2.75) is 36.4 Å². The highest BCUT2D eigenvalue weighted by atomic mass is 127. The van der Waals surface area contributed by atoms with Crippen LogP contribution >= 0.6 is 34.4 Å². The molecule has 1 saturated heterocycles. The molecule has 0 aromatic carbocycles. The van der Waals surface area contributed by atoms with Crippen molar-refractivity contribution >= 4 is 34.4 Å². The van der Waals surface area contributed by atoms with Gasteiger partial charge in [0.15, 0.2) is 0 Å². The molecule has 0 N–H and O–H groups in total. The summed E-state index contributed by atoms with van der Waals surface area (Å²) in [6, 6.07) is 0. The zero-order valence-corrected chi connectivity index (χ0v) is 12.3. The summed E-state index contributed by atoms with van der Waals surface area (Å²) in [5.74, 6) is 2.33. The van der Waals surface area contributed by atoms with Crippen LogP contribution in [0.25, 0.3) is 0 Å². The van der Waals surface area contributed by atoms with E-state index in [4.69, 9.17) is 0 Å². The highest BCUT2D eigenvalue weighted by molar-refractivity contribution is 14.1. The molecule has 3 heteroatoms. The zero-order chi connectivity index (χ0) is 10.4. The third kappa shape index (κ3) is 5.21.